The molecule has 1 aliphatic heterocycles. The molecule has 10 heteroatoms. The van der Waals surface area contributed by atoms with Crippen LogP contribution in [0.1, 0.15) is 74.4 Å². The molecule has 0 aromatic heterocycles. The van der Waals surface area contributed by atoms with Gasteiger partial charge in [-0.05, 0) is 89.1 Å². The topological polar surface area (TPSA) is 109 Å². The lowest BCUT2D eigenvalue weighted by Gasteiger charge is -2.34. The Kier molecular flexibility index (Phi) is 9.84. The van der Waals surface area contributed by atoms with Crippen molar-refractivity contribution in [3.05, 3.63) is 51.5 Å². The number of nitrogens with zero attached hydrogens (tertiary/aromatic N) is 1. The summed E-state index contributed by atoms with van der Waals surface area (Å²) in [5.41, 5.74) is 3.96. The number of carbonyl (C=O) groups excluding carboxylic acids is 3. The summed E-state index contributed by atoms with van der Waals surface area (Å²) in [7, 11) is 1.62. The maximum Gasteiger partial charge on any atom is 0.407 e. The molecule has 1 aliphatic carbocycles. The van der Waals surface area contributed by atoms with Gasteiger partial charge in [-0.2, -0.15) is 0 Å². The highest BCUT2D eigenvalue weighted by atomic mass is 79.9. The lowest BCUT2D eigenvalue weighted by molar-refractivity contribution is -0.121. The van der Waals surface area contributed by atoms with Gasteiger partial charge in [-0.1, -0.05) is 22.0 Å². The number of methoxy groups -OCH3 is 1. The molecule has 2 aromatic carbocycles. The fourth-order valence-corrected chi connectivity index (χ4v) is 5.97. The van der Waals surface area contributed by atoms with E-state index in [1.165, 1.54) is 0 Å². The Hall–Kier alpha value is -3.27. The fraction of sp³-hybridized carbons (Fsp3) is 0.516. The van der Waals surface area contributed by atoms with Gasteiger partial charge < -0.3 is 30.3 Å². The number of aryl methyl sites for hydroxylation is 1. The van der Waals surface area contributed by atoms with Gasteiger partial charge in [0.15, 0.2) is 0 Å². The first-order valence-electron chi connectivity index (χ1n) is 14.2. The predicted octanol–water partition coefficient (Wildman–Crippen LogP) is 6.25. The molecule has 1 saturated carbocycles. The molecule has 2 aliphatic rings. The number of rotatable bonds is 9. The monoisotopic (exact) mass is 628 g/mol. The van der Waals surface area contributed by atoms with E-state index in [2.05, 4.69) is 31.9 Å². The molecule has 1 heterocycles. The van der Waals surface area contributed by atoms with Crippen molar-refractivity contribution >= 4 is 45.2 Å². The average Bonchev–Trinajstić information content (AvgIpc) is 3.25. The van der Waals surface area contributed by atoms with Crippen LogP contribution in [0.15, 0.2) is 34.8 Å². The summed E-state index contributed by atoms with van der Waals surface area (Å²) in [5.74, 6) is 0.720. The van der Waals surface area contributed by atoms with E-state index in [0.717, 1.165) is 58.4 Å². The van der Waals surface area contributed by atoms with Crippen molar-refractivity contribution in [3.63, 3.8) is 0 Å². The summed E-state index contributed by atoms with van der Waals surface area (Å²) in [6.45, 7) is 9.14. The Morgan fingerprint density at radius 1 is 1.07 bits per heavy atom. The molecule has 0 atom stereocenters. The highest BCUT2D eigenvalue weighted by Crippen LogP contribution is 2.37. The van der Waals surface area contributed by atoms with Crippen LogP contribution in [-0.2, 0) is 16.1 Å². The smallest absolute Gasteiger partial charge is 0.407 e. The number of amides is 3. The minimum atomic E-state index is -0.426. The van der Waals surface area contributed by atoms with Crippen LogP contribution in [0.4, 0.5) is 16.2 Å². The van der Waals surface area contributed by atoms with Crippen LogP contribution in [0, 0.1) is 12.8 Å². The van der Waals surface area contributed by atoms with E-state index in [1.54, 1.807) is 7.11 Å². The van der Waals surface area contributed by atoms with Gasteiger partial charge in [0.1, 0.15) is 5.75 Å². The standard InChI is InChI=1S/C31H41BrN4O5/c1-19-7-10-21(17-27(19)40-5)34-28(37)20-8-11-23(12-9-20)36-18-25-24(29(36)38)15-22(16-26(25)32)33-13-6-14-41-30(39)35-31(2,3)4/h7,10,15-17,20,23,33H,6,8-9,11-14,18H2,1-5H3,(H,34,37)(H,35,39). The molecule has 0 spiro atoms. The van der Waals surface area contributed by atoms with Crippen molar-refractivity contribution < 1.29 is 23.9 Å². The van der Waals surface area contributed by atoms with Crippen LogP contribution >= 0.6 is 15.9 Å². The molecule has 0 unspecified atom stereocenters. The second-order valence-corrected chi connectivity index (χ2v) is 12.7. The maximum absolute atomic E-state index is 13.4. The SMILES string of the molecule is COc1cc(NC(=O)C2CCC(N3Cc4c(Br)cc(NCCCOC(=O)NC(C)(C)C)cc4C3=O)CC2)ccc1C. The van der Waals surface area contributed by atoms with Crippen molar-refractivity contribution in [2.24, 2.45) is 5.92 Å². The number of nitrogens with one attached hydrogen (secondary N) is 3. The molecule has 0 saturated heterocycles. The van der Waals surface area contributed by atoms with Crippen molar-refractivity contribution in [2.75, 3.05) is 30.9 Å². The second-order valence-electron chi connectivity index (χ2n) is 11.9. The van der Waals surface area contributed by atoms with E-state index in [0.29, 0.717) is 31.7 Å². The van der Waals surface area contributed by atoms with Gasteiger partial charge in [0, 0.05) is 58.1 Å². The highest BCUT2D eigenvalue weighted by molar-refractivity contribution is 9.10. The number of ether oxygens (including phenoxy) is 2. The number of anilines is 2. The molecule has 0 radical (unpaired) electrons. The molecule has 1 fully saturated rings. The molecule has 2 aromatic rings. The Balaban J connectivity index is 1.26. The van der Waals surface area contributed by atoms with Gasteiger partial charge in [0.05, 0.1) is 13.7 Å². The van der Waals surface area contributed by atoms with Crippen LogP contribution < -0.4 is 20.7 Å². The summed E-state index contributed by atoms with van der Waals surface area (Å²) >= 11 is 3.66. The summed E-state index contributed by atoms with van der Waals surface area (Å²) in [4.78, 5) is 40.1. The fourth-order valence-electron chi connectivity index (χ4n) is 5.39. The number of halogens is 1. The minimum Gasteiger partial charge on any atom is -0.496 e. The molecule has 222 valence electrons. The molecule has 41 heavy (non-hydrogen) atoms. The first kappa shape index (κ1) is 30.7. The largest absolute Gasteiger partial charge is 0.496 e. The Morgan fingerprint density at radius 2 is 1.80 bits per heavy atom. The molecule has 3 amide bonds. The second kappa shape index (κ2) is 13.1. The van der Waals surface area contributed by atoms with E-state index in [4.69, 9.17) is 9.47 Å². The van der Waals surface area contributed by atoms with Crippen LogP contribution in [0.3, 0.4) is 0 Å². The van der Waals surface area contributed by atoms with Crippen LogP contribution in [0.2, 0.25) is 0 Å². The van der Waals surface area contributed by atoms with E-state index in [9.17, 15) is 14.4 Å². The number of fused-ring (bicyclic) bond motifs is 1. The van der Waals surface area contributed by atoms with Gasteiger partial charge in [-0.3, -0.25) is 9.59 Å². The summed E-state index contributed by atoms with van der Waals surface area (Å²) in [5, 5.41) is 9.14. The number of carbonyl (C=O) groups is 3. The van der Waals surface area contributed by atoms with E-state index < -0.39 is 6.09 Å². The van der Waals surface area contributed by atoms with Crippen molar-refractivity contribution in [1.82, 2.24) is 10.2 Å². The average molecular weight is 630 g/mol. The third-order valence-corrected chi connectivity index (χ3v) is 8.27. The lowest BCUT2D eigenvalue weighted by atomic mass is 9.84. The minimum absolute atomic E-state index is 0.0177. The van der Waals surface area contributed by atoms with Crippen LogP contribution in [0.5, 0.6) is 5.75 Å². The van der Waals surface area contributed by atoms with Gasteiger partial charge in [0.25, 0.3) is 5.91 Å². The molecular weight excluding hydrogens is 588 g/mol. The van der Waals surface area contributed by atoms with E-state index >= 15 is 0 Å². The zero-order chi connectivity index (χ0) is 29.7. The first-order chi connectivity index (χ1) is 19.4. The Bertz CT molecular complexity index is 1280. The lowest BCUT2D eigenvalue weighted by Crippen LogP contribution is -2.41. The quantitative estimate of drug-likeness (QED) is 0.283. The third-order valence-electron chi connectivity index (χ3n) is 7.56. The maximum atomic E-state index is 13.4. The summed E-state index contributed by atoms with van der Waals surface area (Å²) in [6, 6.07) is 9.68. The molecule has 9 nitrogen and oxygen atoms in total. The predicted molar refractivity (Wildman–Crippen MR) is 163 cm³/mol. The number of hydrogen-bond acceptors (Lipinski definition) is 6. The third kappa shape index (κ3) is 7.93. The first-order valence-corrected chi connectivity index (χ1v) is 15.0. The van der Waals surface area contributed by atoms with Crippen molar-refractivity contribution in [2.45, 2.75) is 77.9 Å². The van der Waals surface area contributed by atoms with Gasteiger partial charge in [-0.15, -0.1) is 0 Å². The summed E-state index contributed by atoms with van der Waals surface area (Å²) in [6.07, 6.45) is 3.28. The Labute approximate surface area is 250 Å². The molecule has 3 N–H and O–H groups in total. The van der Waals surface area contributed by atoms with Crippen molar-refractivity contribution in [1.29, 1.82) is 0 Å². The number of alkyl carbamates (subject to hydrolysis) is 1. The molecular formula is C31H41BrN4O5. The van der Waals surface area contributed by atoms with Crippen LogP contribution in [-0.4, -0.2) is 54.6 Å². The Morgan fingerprint density at radius 3 is 2.49 bits per heavy atom. The summed E-state index contributed by atoms with van der Waals surface area (Å²) < 4.78 is 11.5. The van der Waals surface area contributed by atoms with E-state index in [1.807, 2.05) is 62.9 Å². The number of benzene rings is 2. The zero-order valence-electron chi connectivity index (χ0n) is 24.6. The molecule has 4 rings (SSSR count). The van der Waals surface area contributed by atoms with Crippen molar-refractivity contribution in [3.8, 4) is 5.75 Å². The normalized spacial score (nSPS) is 18.5. The van der Waals surface area contributed by atoms with E-state index in [-0.39, 0.29) is 29.3 Å². The van der Waals surface area contributed by atoms with Gasteiger partial charge in [0.2, 0.25) is 5.91 Å². The zero-order valence-corrected chi connectivity index (χ0v) is 26.2. The van der Waals surface area contributed by atoms with Gasteiger partial charge in [-0.25, -0.2) is 4.79 Å². The highest BCUT2D eigenvalue weighted by Gasteiger charge is 2.37. The van der Waals surface area contributed by atoms with Gasteiger partial charge >= 0.3 is 6.09 Å². The van der Waals surface area contributed by atoms with Crippen LogP contribution in [0.25, 0.3) is 0 Å². The number of hydrogen-bond donors (Lipinski definition) is 3. The molecule has 0 bridgehead atoms.